The van der Waals surface area contributed by atoms with Gasteiger partial charge in [0.15, 0.2) is 0 Å². The number of fused-ring (bicyclic) bond motifs is 1. The molecule has 0 saturated carbocycles. The van der Waals surface area contributed by atoms with E-state index in [1.165, 1.54) is 12.6 Å². The van der Waals surface area contributed by atoms with E-state index < -0.39 is 0 Å². The van der Waals surface area contributed by atoms with Crippen LogP contribution in [0, 0.1) is 0 Å². The summed E-state index contributed by atoms with van der Waals surface area (Å²) in [5.41, 5.74) is 5.07. The zero-order valence-electron chi connectivity index (χ0n) is 12.1. The molecule has 3 rings (SSSR count). The topological polar surface area (TPSA) is 38.3 Å². The van der Waals surface area contributed by atoms with Gasteiger partial charge in [-0.1, -0.05) is 43.2 Å². The molecule has 0 atom stereocenters. The standard InChI is InChI=1S/C17H16BNO2/c1-18-15(11-13-6-3-4-9-16(13)19-18)12-7-5-8-14(10-12)17(20)21-2/h3-11,19H,1-2H3. The van der Waals surface area contributed by atoms with Gasteiger partial charge in [-0.05, 0) is 34.8 Å². The third kappa shape index (κ3) is 2.57. The fourth-order valence-corrected chi connectivity index (χ4v) is 2.63. The first-order valence-corrected chi connectivity index (χ1v) is 6.95. The number of esters is 1. The van der Waals surface area contributed by atoms with Gasteiger partial charge in [0.1, 0.15) is 0 Å². The quantitative estimate of drug-likeness (QED) is 0.673. The maximum Gasteiger partial charge on any atom is 0.337 e. The van der Waals surface area contributed by atoms with Gasteiger partial charge in [0.05, 0.1) is 12.7 Å². The molecule has 1 N–H and O–H groups in total. The summed E-state index contributed by atoms with van der Waals surface area (Å²) in [5, 5.41) is 3.49. The first-order valence-electron chi connectivity index (χ1n) is 6.95. The van der Waals surface area contributed by atoms with E-state index >= 15 is 0 Å². The van der Waals surface area contributed by atoms with Crippen molar-refractivity contribution in [1.29, 1.82) is 0 Å². The molecule has 0 saturated heterocycles. The lowest BCUT2D eigenvalue weighted by molar-refractivity contribution is 0.0600. The summed E-state index contributed by atoms with van der Waals surface area (Å²) in [7, 11) is 1.40. The number of nitrogens with one attached hydrogen (secondary N) is 1. The Hall–Kier alpha value is -2.49. The Morgan fingerprint density at radius 1 is 1.14 bits per heavy atom. The van der Waals surface area contributed by atoms with Gasteiger partial charge in [-0.15, -0.1) is 0 Å². The zero-order chi connectivity index (χ0) is 14.8. The Morgan fingerprint density at radius 3 is 2.76 bits per heavy atom. The Balaban J connectivity index is 2.04. The largest absolute Gasteiger partial charge is 0.465 e. The lowest BCUT2D eigenvalue weighted by Gasteiger charge is -2.23. The summed E-state index contributed by atoms with van der Waals surface area (Å²) in [6.45, 7) is 2.31. The molecule has 2 aromatic rings. The minimum atomic E-state index is -0.311. The van der Waals surface area contributed by atoms with Crippen molar-refractivity contribution in [1.82, 2.24) is 0 Å². The van der Waals surface area contributed by atoms with Crippen LogP contribution in [0.2, 0.25) is 6.82 Å². The molecular weight excluding hydrogens is 261 g/mol. The molecule has 0 bridgehead atoms. The lowest BCUT2D eigenvalue weighted by atomic mass is 9.53. The Morgan fingerprint density at radius 2 is 1.95 bits per heavy atom. The molecule has 1 aliphatic heterocycles. The van der Waals surface area contributed by atoms with Crippen LogP contribution in [-0.2, 0) is 4.74 Å². The van der Waals surface area contributed by atoms with Crippen molar-refractivity contribution in [2.45, 2.75) is 6.82 Å². The van der Waals surface area contributed by atoms with Crippen molar-refractivity contribution >= 4 is 30.1 Å². The summed E-state index contributed by atoms with van der Waals surface area (Å²) < 4.78 is 4.79. The predicted octanol–water partition coefficient (Wildman–Crippen LogP) is 3.60. The summed E-state index contributed by atoms with van der Waals surface area (Å²) in [4.78, 5) is 11.7. The van der Waals surface area contributed by atoms with Gasteiger partial charge in [-0.2, -0.15) is 0 Å². The van der Waals surface area contributed by atoms with Crippen LogP contribution in [0.1, 0.15) is 21.5 Å². The molecule has 21 heavy (non-hydrogen) atoms. The van der Waals surface area contributed by atoms with Gasteiger partial charge in [0.25, 0.3) is 6.85 Å². The number of para-hydroxylation sites is 1. The molecule has 0 aromatic heterocycles. The van der Waals surface area contributed by atoms with Crippen LogP contribution in [0.25, 0.3) is 11.5 Å². The van der Waals surface area contributed by atoms with Crippen LogP contribution >= 0.6 is 0 Å². The molecule has 0 spiro atoms. The fourth-order valence-electron chi connectivity index (χ4n) is 2.63. The molecule has 1 heterocycles. The van der Waals surface area contributed by atoms with E-state index in [0.717, 1.165) is 16.8 Å². The molecule has 104 valence electrons. The van der Waals surface area contributed by atoms with E-state index in [0.29, 0.717) is 5.56 Å². The van der Waals surface area contributed by atoms with Gasteiger partial charge in [-0.3, -0.25) is 0 Å². The number of rotatable bonds is 2. The van der Waals surface area contributed by atoms with E-state index in [2.05, 4.69) is 30.3 Å². The first kappa shape index (κ1) is 13.5. The van der Waals surface area contributed by atoms with Gasteiger partial charge in [0, 0.05) is 5.69 Å². The maximum atomic E-state index is 11.7. The van der Waals surface area contributed by atoms with Gasteiger partial charge in [0.2, 0.25) is 0 Å². The van der Waals surface area contributed by atoms with Crippen molar-refractivity contribution < 1.29 is 9.53 Å². The Bertz CT molecular complexity index is 724. The number of hydrogen-bond donors (Lipinski definition) is 1. The minimum absolute atomic E-state index is 0.188. The third-order valence-electron chi connectivity index (χ3n) is 3.73. The molecule has 3 nitrogen and oxygen atoms in total. The highest BCUT2D eigenvalue weighted by Crippen LogP contribution is 2.30. The van der Waals surface area contributed by atoms with Crippen LogP contribution in [-0.4, -0.2) is 19.9 Å². The summed E-state index contributed by atoms with van der Waals surface area (Å²) in [6, 6.07) is 15.8. The Labute approximate surface area is 124 Å². The van der Waals surface area contributed by atoms with E-state index in [4.69, 9.17) is 4.74 Å². The number of methoxy groups -OCH3 is 1. The van der Waals surface area contributed by atoms with Crippen LogP contribution in [0.5, 0.6) is 0 Å². The molecule has 0 amide bonds. The van der Waals surface area contributed by atoms with Gasteiger partial charge >= 0.3 is 5.97 Å². The molecule has 0 aliphatic carbocycles. The van der Waals surface area contributed by atoms with E-state index in [1.54, 1.807) is 6.07 Å². The second-order valence-corrected chi connectivity index (χ2v) is 5.13. The van der Waals surface area contributed by atoms with Crippen LogP contribution in [0.15, 0.2) is 48.5 Å². The maximum absolute atomic E-state index is 11.7. The first-order chi connectivity index (χ1) is 10.2. The summed E-state index contributed by atoms with van der Waals surface area (Å²) >= 11 is 0. The highest BCUT2D eigenvalue weighted by atomic mass is 16.5. The summed E-state index contributed by atoms with van der Waals surface area (Å²) in [5.74, 6) is -0.311. The molecule has 4 heteroatoms. The third-order valence-corrected chi connectivity index (χ3v) is 3.73. The van der Waals surface area contributed by atoms with Gasteiger partial charge < -0.3 is 9.96 Å². The molecule has 0 fully saturated rings. The smallest absolute Gasteiger partial charge is 0.337 e. The zero-order valence-corrected chi connectivity index (χ0v) is 12.1. The molecule has 0 unspecified atom stereocenters. The van der Waals surface area contributed by atoms with Crippen LogP contribution in [0.3, 0.4) is 0 Å². The number of benzene rings is 2. The predicted molar refractivity (Wildman–Crippen MR) is 87.3 cm³/mol. The van der Waals surface area contributed by atoms with Crippen molar-refractivity contribution in [2.24, 2.45) is 0 Å². The highest BCUT2D eigenvalue weighted by molar-refractivity contribution is 6.82. The average molecular weight is 277 g/mol. The van der Waals surface area contributed by atoms with E-state index in [-0.39, 0.29) is 12.8 Å². The number of ether oxygens (including phenoxy) is 1. The molecule has 0 radical (unpaired) electrons. The fraction of sp³-hybridized carbons (Fsp3) is 0.118. The lowest BCUT2D eigenvalue weighted by Crippen LogP contribution is -2.26. The second kappa shape index (κ2) is 5.48. The second-order valence-electron chi connectivity index (χ2n) is 5.13. The van der Waals surface area contributed by atoms with Crippen molar-refractivity contribution in [3.05, 3.63) is 65.2 Å². The van der Waals surface area contributed by atoms with E-state index in [1.807, 2.05) is 30.3 Å². The number of anilines is 1. The summed E-state index contributed by atoms with van der Waals surface area (Å²) in [6.07, 6.45) is 2.17. The van der Waals surface area contributed by atoms with Crippen LogP contribution in [0.4, 0.5) is 5.69 Å². The van der Waals surface area contributed by atoms with Gasteiger partial charge in [-0.25, -0.2) is 4.79 Å². The van der Waals surface area contributed by atoms with Crippen LogP contribution < -0.4 is 5.23 Å². The SMILES string of the molecule is COC(=O)c1cccc(C2=Cc3ccccc3NB2C)c1. The highest BCUT2D eigenvalue weighted by Gasteiger charge is 2.22. The molecular formula is C17H16BNO2. The van der Waals surface area contributed by atoms with Crippen molar-refractivity contribution in [3.8, 4) is 0 Å². The minimum Gasteiger partial charge on any atom is -0.465 e. The van der Waals surface area contributed by atoms with E-state index in [9.17, 15) is 4.79 Å². The normalized spacial score (nSPS) is 13.0. The monoisotopic (exact) mass is 277 g/mol. The average Bonchev–Trinajstić information content (AvgIpc) is 2.53. The number of carbonyl (C=O) groups excluding carboxylic acids is 1. The molecule has 2 aromatic carbocycles. The number of carbonyl (C=O) groups is 1. The van der Waals surface area contributed by atoms with Crippen molar-refractivity contribution in [2.75, 3.05) is 12.3 Å². The number of hydrogen-bond acceptors (Lipinski definition) is 3. The Kier molecular flexibility index (Phi) is 3.52. The molecule has 1 aliphatic rings. The van der Waals surface area contributed by atoms with Crippen molar-refractivity contribution in [3.63, 3.8) is 0 Å².